The number of hydrogen-bond donors (Lipinski definition) is 3. The molecule has 1 atom stereocenters. The Morgan fingerprint density at radius 2 is 1.86 bits per heavy atom. The topological polar surface area (TPSA) is 113 Å². The number of aromatic amines is 1. The van der Waals surface area contributed by atoms with Gasteiger partial charge in [0.15, 0.2) is 5.58 Å². The summed E-state index contributed by atoms with van der Waals surface area (Å²) in [6.45, 7) is 5.25. The van der Waals surface area contributed by atoms with E-state index in [4.69, 9.17) is 9.15 Å². The van der Waals surface area contributed by atoms with Crippen molar-refractivity contribution >= 4 is 28.8 Å². The van der Waals surface area contributed by atoms with Gasteiger partial charge in [-0.15, -0.1) is 0 Å². The Morgan fingerprint density at radius 1 is 1.14 bits per heavy atom. The first-order chi connectivity index (χ1) is 13.7. The Bertz CT molecular complexity index is 1060. The van der Waals surface area contributed by atoms with Crippen LogP contribution in [-0.2, 0) is 16.0 Å². The van der Waals surface area contributed by atoms with E-state index in [1.54, 1.807) is 32.9 Å². The van der Waals surface area contributed by atoms with Crippen molar-refractivity contribution in [2.45, 2.75) is 38.8 Å². The van der Waals surface area contributed by atoms with E-state index in [0.717, 1.165) is 5.56 Å². The maximum Gasteiger partial charge on any atom is 0.417 e. The highest BCUT2D eigenvalue weighted by Crippen LogP contribution is 2.17. The Hall–Kier alpha value is -3.55. The highest BCUT2D eigenvalue weighted by Gasteiger charge is 2.25. The molecule has 2 amide bonds. The first-order valence-electron chi connectivity index (χ1n) is 9.17. The summed E-state index contributed by atoms with van der Waals surface area (Å²) in [5.74, 6) is -0.992. The van der Waals surface area contributed by atoms with Gasteiger partial charge >= 0.3 is 11.8 Å². The first kappa shape index (κ1) is 20.2. The van der Waals surface area contributed by atoms with Crippen LogP contribution in [0.15, 0.2) is 57.7 Å². The Morgan fingerprint density at radius 3 is 2.55 bits per heavy atom. The minimum atomic E-state index is -0.860. The number of H-pyrrole nitrogens is 1. The Balaban J connectivity index is 1.77. The number of rotatable bonds is 5. The number of amides is 2. The molecule has 0 aliphatic heterocycles. The number of alkyl carbamates (subject to hydrolysis) is 1. The van der Waals surface area contributed by atoms with E-state index in [9.17, 15) is 14.4 Å². The van der Waals surface area contributed by atoms with Gasteiger partial charge in [0.1, 0.15) is 11.6 Å². The standard InChI is InChI=1S/C21H23N3O5/c1-21(2,3)29-20(27)24-16(11-13-7-5-4-6-8-13)18(25)22-14-9-10-15-17(12-14)28-19(26)23-15/h4-10,12,16H,11H2,1-3H3,(H,22,25)(H,23,26)(H,24,27). The molecule has 3 aromatic rings. The number of fused-ring (bicyclic) bond motifs is 1. The van der Waals surface area contributed by atoms with Gasteiger partial charge in [0, 0.05) is 18.2 Å². The lowest BCUT2D eigenvalue weighted by Crippen LogP contribution is -2.47. The second-order valence-electron chi connectivity index (χ2n) is 7.60. The number of nitrogens with one attached hydrogen (secondary N) is 3. The second kappa shape index (κ2) is 8.22. The molecule has 1 aromatic heterocycles. The normalized spacial score (nSPS) is 12.4. The van der Waals surface area contributed by atoms with E-state index in [0.29, 0.717) is 16.8 Å². The molecule has 152 valence electrons. The molecular formula is C21H23N3O5. The predicted octanol–water partition coefficient (Wildman–Crippen LogP) is 3.20. The summed E-state index contributed by atoms with van der Waals surface area (Å²) in [6, 6.07) is 13.3. The molecule has 0 aliphatic carbocycles. The van der Waals surface area contributed by atoms with E-state index < -0.39 is 29.4 Å². The van der Waals surface area contributed by atoms with Crippen LogP contribution in [0.1, 0.15) is 26.3 Å². The van der Waals surface area contributed by atoms with Crippen molar-refractivity contribution in [2.24, 2.45) is 0 Å². The van der Waals surface area contributed by atoms with Gasteiger partial charge in [-0.1, -0.05) is 30.3 Å². The maximum absolute atomic E-state index is 12.9. The fraction of sp³-hybridized carbons (Fsp3) is 0.286. The lowest BCUT2D eigenvalue weighted by molar-refractivity contribution is -0.118. The zero-order valence-electron chi connectivity index (χ0n) is 16.4. The number of carbonyl (C=O) groups is 2. The largest absolute Gasteiger partial charge is 0.444 e. The molecule has 0 bridgehead atoms. The average molecular weight is 397 g/mol. The molecule has 8 heteroatoms. The van der Waals surface area contributed by atoms with Gasteiger partial charge in [0.25, 0.3) is 0 Å². The summed E-state index contributed by atoms with van der Waals surface area (Å²) in [5, 5.41) is 5.38. The summed E-state index contributed by atoms with van der Waals surface area (Å²) in [5.41, 5.74) is 1.49. The number of aromatic nitrogens is 1. The highest BCUT2D eigenvalue weighted by atomic mass is 16.6. The van der Waals surface area contributed by atoms with Crippen molar-refractivity contribution in [3.8, 4) is 0 Å². The van der Waals surface area contributed by atoms with Crippen LogP contribution in [0.2, 0.25) is 0 Å². The molecule has 0 radical (unpaired) electrons. The van der Waals surface area contributed by atoms with E-state index in [1.807, 2.05) is 30.3 Å². The van der Waals surface area contributed by atoms with Gasteiger partial charge in [0.05, 0.1) is 5.52 Å². The number of carbonyl (C=O) groups excluding carboxylic acids is 2. The van der Waals surface area contributed by atoms with Crippen LogP contribution in [0.3, 0.4) is 0 Å². The van der Waals surface area contributed by atoms with Crippen molar-refractivity contribution < 1.29 is 18.7 Å². The van der Waals surface area contributed by atoms with Crippen molar-refractivity contribution in [1.82, 2.24) is 10.3 Å². The smallest absolute Gasteiger partial charge is 0.417 e. The van der Waals surface area contributed by atoms with Crippen LogP contribution in [0.5, 0.6) is 0 Å². The molecule has 29 heavy (non-hydrogen) atoms. The molecule has 8 nitrogen and oxygen atoms in total. The molecule has 2 aromatic carbocycles. The van der Waals surface area contributed by atoms with E-state index in [2.05, 4.69) is 15.6 Å². The lowest BCUT2D eigenvalue weighted by Gasteiger charge is -2.23. The predicted molar refractivity (Wildman–Crippen MR) is 109 cm³/mol. The number of hydrogen-bond acceptors (Lipinski definition) is 5. The highest BCUT2D eigenvalue weighted by molar-refractivity contribution is 5.97. The molecule has 0 aliphatic rings. The number of anilines is 1. The van der Waals surface area contributed by atoms with Gasteiger partial charge in [-0.3, -0.25) is 9.78 Å². The minimum absolute atomic E-state index is 0.285. The van der Waals surface area contributed by atoms with Crippen LogP contribution in [0.4, 0.5) is 10.5 Å². The van der Waals surface area contributed by atoms with Crippen molar-refractivity contribution in [2.75, 3.05) is 5.32 Å². The molecule has 0 spiro atoms. The quantitative estimate of drug-likeness (QED) is 0.612. The van der Waals surface area contributed by atoms with Gasteiger partial charge in [-0.2, -0.15) is 0 Å². The maximum atomic E-state index is 12.9. The monoisotopic (exact) mass is 397 g/mol. The number of oxazole rings is 1. The van der Waals surface area contributed by atoms with Crippen LogP contribution < -0.4 is 16.4 Å². The summed E-state index contributed by atoms with van der Waals surface area (Å²) in [4.78, 5) is 38.9. The van der Waals surface area contributed by atoms with Gasteiger partial charge in [0.2, 0.25) is 5.91 Å². The molecule has 1 unspecified atom stereocenters. The number of benzene rings is 2. The first-order valence-corrected chi connectivity index (χ1v) is 9.17. The molecule has 3 rings (SSSR count). The number of ether oxygens (including phenoxy) is 1. The molecule has 0 saturated heterocycles. The van der Waals surface area contributed by atoms with Crippen LogP contribution >= 0.6 is 0 Å². The fourth-order valence-corrected chi connectivity index (χ4v) is 2.76. The van der Waals surface area contributed by atoms with Crippen LogP contribution in [0.25, 0.3) is 11.1 Å². The summed E-state index contributed by atoms with van der Waals surface area (Å²) >= 11 is 0. The zero-order chi connectivity index (χ0) is 21.0. The summed E-state index contributed by atoms with van der Waals surface area (Å²) in [7, 11) is 0. The molecule has 3 N–H and O–H groups in total. The summed E-state index contributed by atoms with van der Waals surface area (Å²) in [6.07, 6.45) is -0.395. The van der Waals surface area contributed by atoms with E-state index in [1.165, 1.54) is 6.07 Å². The Kier molecular flexibility index (Phi) is 5.72. The average Bonchev–Trinajstić information content (AvgIpc) is 2.99. The van der Waals surface area contributed by atoms with Crippen LogP contribution in [0, 0.1) is 0 Å². The van der Waals surface area contributed by atoms with Crippen molar-refractivity contribution in [3.05, 3.63) is 64.6 Å². The lowest BCUT2D eigenvalue weighted by atomic mass is 10.1. The van der Waals surface area contributed by atoms with E-state index >= 15 is 0 Å². The fourth-order valence-electron chi connectivity index (χ4n) is 2.76. The van der Waals surface area contributed by atoms with Crippen molar-refractivity contribution in [1.29, 1.82) is 0 Å². The molecule has 0 saturated carbocycles. The third-order valence-electron chi connectivity index (χ3n) is 3.98. The van der Waals surface area contributed by atoms with E-state index in [-0.39, 0.29) is 6.42 Å². The van der Waals surface area contributed by atoms with Gasteiger partial charge < -0.3 is 19.8 Å². The van der Waals surface area contributed by atoms with Gasteiger partial charge in [-0.25, -0.2) is 9.59 Å². The second-order valence-corrected chi connectivity index (χ2v) is 7.60. The minimum Gasteiger partial charge on any atom is -0.444 e. The SMILES string of the molecule is CC(C)(C)OC(=O)NC(Cc1ccccc1)C(=O)Nc1ccc2[nH]c(=O)oc2c1. The van der Waals surface area contributed by atoms with Crippen molar-refractivity contribution in [3.63, 3.8) is 0 Å². The third-order valence-corrected chi connectivity index (χ3v) is 3.98. The van der Waals surface area contributed by atoms with Crippen LogP contribution in [-0.4, -0.2) is 28.6 Å². The Labute approximate surface area is 167 Å². The molecular weight excluding hydrogens is 374 g/mol. The van der Waals surface area contributed by atoms with Gasteiger partial charge in [-0.05, 0) is 38.5 Å². The third kappa shape index (κ3) is 5.71. The molecule has 1 heterocycles. The summed E-state index contributed by atoms with van der Waals surface area (Å²) < 4.78 is 10.3. The zero-order valence-corrected chi connectivity index (χ0v) is 16.4. The molecule has 0 fully saturated rings.